The molecule has 2 N–H and O–H groups in total. The van der Waals surface area contributed by atoms with Crippen molar-refractivity contribution in [1.82, 2.24) is 15.1 Å². The highest BCUT2D eigenvalue weighted by Crippen LogP contribution is 2.13. The van der Waals surface area contributed by atoms with Gasteiger partial charge in [-0.3, -0.25) is 14.3 Å². The molecule has 1 aromatic heterocycles. The molecule has 0 saturated heterocycles. The van der Waals surface area contributed by atoms with E-state index in [1.807, 2.05) is 25.6 Å². The standard InChI is InChI=1S/C14H23N3O3/c1-9(14(19)20)7-8-15-13(18)6-5-12-10(2)16-17(4)11(12)3/h9H,5-8H2,1-4H3,(H,15,18)(H,19,20). The molecule has 0 aliphatic heterocycles. The fraction of sp³-hybridized carbons (Fsp3) is 0.643. The van der Waals surface area contributed by atoms with Crippen LogP contribution >= 0.6 is 0 Å². The molecule has 1 rings (SSSR count). The number of aliphatic carboxylic acids is 1. The van der Waals surface area contributed by atoms with Gasteiger partial charge in [0.15, 0.2) is 0 Å². The summed E-state index contributed by atoms with van der Waals surface area (Å²) in [7, 11) is 1.89. The Kier molecular flexibility index (Phi) is 5.73. The van der Waals surface area contributed by atoms with Gasteiger partial charge < -0.3 is 10.4 Å². The first kappa shape index (κ1) is 16.2. The molecule has 0 saturated carbocycles. The molecule has 112 valence electrons. The maximum atomic E-state index is 11.7. The summed E-state index contributed by atoms with van der Waals surface area (Å²) >= 11 is 0. The third-order valence-corrected chi connectivity index (χ3v) is 3.58. The maximum Gasteiger partial charge on any atom is 0.306 e. The van der Waals surface area contributed by atoms with Crippen molar-refractivity contribution in [3.63, 3.8) is 0 Å². The van der Waals surface area contributed by atoms with E-state index < -0.39 is 11.9 Å². The molecule has 1 atom stereocenters. The van der Waals surface area contributed by atoms with Crippen molar-refractivity contribution < 1.29 is 14.7 Å². The predicted octanol–water partition coefficient (Wildman–Crippen LogP) is 1.20. The van der Waals surface area contributed by atoms with E-state index in [9.17, 15) is 9.59 Å². The molecule has 0 aliphatic rings. The number of carboxylic acids is 1. The van der Waals surface area contributed by atoms with Gasteiger partial charge in [0.05, 0.1) is 11.6 Å². The van der Waals surface area contributed by atoms with Crippen molar-refractivity contribution in [2.75, 3.05) is 6.54 Å². The summed E-state index contributed by atoms with van der Waals surface area (Å²) in [5, 5.41) is 15.8. The zero-order valence-electron chi connectivity index (χ0n) is 12.6. The lowest BCUT2D eigenvalue weighted by atomic mass is 10.1. The SMILES string of the molecule is Cc1nn(C)c(C)c1CCC(=O)NCCC(C)C(=O)O. The van der Waals surface area contributed by atoms with Crippen LogP contribution in [-0.4, -0.2) is 33.3 Å². The number of aromatic nitrogens is 2. The molecule has 6 heteroatoms. The molecule has 1 heterocycles. The summed E-state index contributed by atoms with van der Waals surface area (Å²) < 4.78 is 1.82. The molecule has 1 aromatic rings. The summed E-state index contributed by atoms with van der Waals surface area (Å²) in [6.45, 7) is 5.96. The van der Waals surface area contributed by atoms with Crippen molar-refractivity contribution in [2.45, 2.75) is 40.0 Å². The minimum absolute atomic E-state index is 0.0507. The summed E-state index contributed by atoms with van der Waals surface area (Å²) in [4.78, 5) is 22.4. The first-order chi connectivity index (χ1) is 9.32. The zero-order chi connectivity index (χ0) is 15.3. The van der Waals surface area contributed by atoms with Gasteiger partial charge in [-0.2, -0.15) is 5.10 Å². The molecule has 0 bridgehead atoms. The number of carbonyl (C=O) groups is 2. The van der Waals surface area contributed by atoms with E-state index in [1.54, 1.807) is 6.92 Å². The molecule has 20 heavy (non-hydrogen) atoms. The summed E-state index contributed by atoms with van der Waals surface area (Å²) in [5.41, 5.74) is 3.15. The number of carboxylic acid groups (broad SMARTS) is 1. The number of aryl methyl sites for hydroxylation is 2. The third kappa shape index (κ3) is 4.36. The lowest BCUT2D eigenvalue weighted by molar-refractivity contribution is -0.141. The van der Waals surface area contributed by atoms with Gasteiger partial charge in [0.25, 0.3) is 0 Å². The molecule has 0 spiro atoms. The van der Waals surface area contributed by atoms with E-state index >= 15 is 0 Å². The molecule has 0 radical (unpaired) electrons. The molecular formula is C14H23N3O3. The van der Waals surface area contributed by atoms with Crippen molar-refractivity contribution in [3.8, 4) is 0 Å². The van der Waals surface area contributed by atoms with Gasteiger partial charge in [-0.1, -0.05) is 6.92 Å². The van der Waals surface area contributed by atoms with Crippen LogP contribution < -0.4 is 5.32 Å². The number of hydrogen-bond acceptors (Lipinski definition) is 3. The topological polar surface area (TPSA) is 84.2 Å². The molecule has 1 amide bonds. The van der Waals surface area contributed by atoms with Gasteiger partial charge >= 0.3 is 5.97 Å². The van der Waals surface area contributed by atoms with E-state index in [0.29, 0.717) is 25.8 Å². The van der Waals surface area contributed by atoms with Crippen LogP contribution in [0.25, 0.3) is 0 Å². The van der Waals surface area contributed by atoms with Crippen LogP contribution in [-0.2, 0) is 23.1 Å². The fourth-order valence-electron chi connectivity index (χ4n) is 2.06. The highest BCUT2D eigenvalue weighted by atomic mass is 16.4. The Morgan fingerprint density at radius 2 is 2.05 bits per heavy atom. The number of carbonyl (C=O) groups excluding carboxylic acids is 1. The van der Waals surface area contributed by atoms with Gasteiger partial charge in [0.1, 0.15) is 0 Å². The zero-order valence-corrected chi connectivity index (χ0v) is 12.6. The monoisotopic (exact) mass is 281 g/mol. The van der Waals surface area contributed by atoms with Crippen molar-refractivity contribution in [1.29, 1.82) is 0 Å². The van der Waals surface area contributed by atoms with Crippen LogP contribution in [0.2, 0.25) is 0 Å². The molecule has 0 aliphatic carbocycles. The number of nitrogens with one attached hydrogen (secondary N) is 1. The van der Waals surface area contributed by atoms with E-state index in [-0.39, 0.29) is 5.91 Å². The molecule has 6 nitrogen and oxygen atoms in total. The Bertz CT molecular complexity index is 494. The van der Waals surface area contributed by atoms with E-state index in [4.69, 9.17) is 5.11 Å². The molecule has 1 unspecified atom stereocenters. The second-order valence-corrected chi connectivity index (χ2v) is 5.15. The van der Waals surface area contributed by atoms with Gasteiger partial charge in [-0.25, -0.2) is 0 Å². The van der Waals surface area contributed by atoms with Crippen LogP contribution in [0.4, 0.5) is 0 Å². The van der Waals surface area contributed by atoms with Gasteiger partial charge in [0.2, 0.25) is 5.91 Å². The van der Waals surface area contributed by atoms with Crippen molar-refractivity contribution in [2.24, 2.45) is 13.0 Å². The minimum Gasteiger partial charge on any atom is -0.481 e. The van der Waals surface area contributed by atoms with E-state index in [0.717, 1.165) is 17.0 Å². The predicted molar refractivity (Wildman–Crippen MR) is 75.4 cm³/mol. The van der Waals surface area contributed by atoms with Crippen molar-refractivity contribution in [3.05, 3.63) is 17.0 Å². The number of hydrogen-bond donors (Lipinski definition) is 2. The van der Waals surface area contributed by atoms with Crippen LogP contribution in [0.5, 0.6) is 0 Å². The van der Waals surface area contributed by atoms with Gasteiger partial charge in [-0.05, 0) is 32.3 Å². The normalized spacial score (nSPS) is 12.2. The first-order valence-electron chi connectivity index (χ1n) is 6.81. The Morgan fingerprint density at radius 1 is 1.40 bits per heavy atom. The van der Waals surface area contributed by atoms with Crippen LogP contribution in [0.15, 0.2) is 0 Å². The molecule has 0 fully saturated rings. The summed E-state index contributed by atoms with van der Waals surface area (Å²) in [5.74, 6) is -1.32. The average Bonchev–Trinajstić information content (AvgIpc) is 2.61. The Labute approximate surface area is 119 Å². The fourth-order valence-corrected chi connectivity index (χ4v) is 2.06. The smallest absolute Gasteiger partial charge is 0.306 e. The van der Waals surface area contributed by atoms with E-state index in [1.165, 1.54) is 0 Å². The lowest BCUT2D eigenvalue weighted by Gasteiger charge is -2.08. The largest absolute Gasteiger partial charge is 0.481 e. The highest BCUT2D eigenvalue weighted by molar-refractivity contribution is 5.76. The summed E-state index contributed by atoms with van der Waals surface area (Å²) in [6, 6.07) is 0. The molecular weight excluding hydrogens is 258 g/mol. The quantitative estimate of drug-likeness (QED) is 0.786. The van der Waals surface area contributed by atoms with Crippen LogP contribution in [0, 0.1) is 19.8 Å². The van der Waals surface area contributed by atoms with Crippen LogP contribution in [0.3, 0.4) is 0 Å². The Balaban J connectivity index is 2.35. The number of amides is 1. The third-order valence-electron chi connectivity index (χ3n) is 3.58. The van der Waals surface area contributed by atoms with E-state index in [2.05, 4.69) is 10.4 Å². The Morgan fingerprint density at radius 3 is 2.55 bits per heavy atom. The van der Waals surface area contributed by atoms with Crippen molar-refractivity contribution >= 4 is 11.9 Å². The molecule has 0 aromatic carbocycles. The number of nitrogens with zero attached hydrogens (tertiary/aromatic N) is 2. The number of rotatable bonds is 7. The second-order valence-electron chi connectivity index (χ2n) is 5.15. The van der Waals surface area contributed by atoms with Gasteiger partial charge in [0, 0.05) is 25.7 Å². The van der Waals surface area contributed by atoms with Gasteiger partial charge in [-0.15, -0.1) is 0 Å². The average molecular weight is 281 g/mol. The first-order valence-corrected chi connectivity index (χ1v) is 6.81. The summed E-state index contributed by atoms with van der Waals surface area (Å²) in [6.07, 6.45) is 1.51. The minimum atomic E-state index is -0.833. The highest BCUT2D eigenvalue weighted by Gasteiger charge is 2.13. The van der Waals surface area contributed by atoms with Crippen LogP contribution in [0.1, 0.15) is 36.7 Å². The lowest BCUT2D eigenvalue weighted by Crippen LogP contribution is -2.27. The Hall–Kier alpha value is -1.85. The maximum absolute atomic E-state index is 11.7. The second kappa shape index (κ2) is 7.07.